The number of halogens is 3. The molecule has 1 aromatic carbocycles. The normalized spacial score (nSPS) is 11.3. The zero-order valence-electron chi connectivity index (χ0n) is 12.1. The monoisotopic (exact) mass is 389 g/mol. The zero-order chi connectivity index (χ0) is 15.4. The minimum Gasteiger partial charge on any atom is -0.368 e. The maximum absolute atomic E-state index is 6.28. The van der Waals surface area contributed by atoms with E-state index in [2.05, 4.69) is 45.0 Å². The fraction of sp³-hybridized carbons (Fsp3) is 0.400. The molecule has 0 unspecified atom stereocenters. The summed E-state index contributed by atoms with van der Waals surface area (Å²) < 4.78 is 0.894. The van der Waals surface area contributed by atoms with Crippen LogP contribution >= 0.6 is 39.1 Å². The lowest BCUT2D eigenvalue weighted by molar-refractivity contribution is 0.316. The summed E-state index contributed by atoms with van der Waals surface area (Å²) in [5.41, 5.74) is 0. The highest BCUT2D eigenvalue weighted by molar-refractivity contribution is 9.10. The smallest absolute Gasteiger partial charge is 0.135 e. The molecule has 0 radical (unpaired) electrons. The molecule has 0 amide bonds. The van der Waals surface area contributed by atoms with Crippen LogP contribution < -0.4 is 5.32 Å². The van der Waals surface area contributed by atoms with Gasteiger partial charge in [0.1, 0.15) is 5.82 Å². The maximum Gasteiger partial charge on any atom is 0.135 e. The lowest BCUT2D eigenvalue weighted by Gasteiger charge is -2.19. The second kappa shape index (κ2) is 7.63. The summed E-state index contributed by atoms with van der Waals surface area (Å²) >= 11 is 15.9. The standard InChI is InChI=1S/C15H18BrCl2N3/c1-3-21(4-2)8-7-20-15-13-10(5-6-19-15)14(18)12(17)9-11(13)16/h5-6,9H,3-4,7-8H2,1-2H3,(H,19,20). The Balaban J connectivity index is 2.27. The number of nitrogens with one attached hydrogen (secondary N) is 1. The highest BCUT2D eigenvalue weighted by Crippen LogP contribution is 2.38. The van der Waals surface area contributed by atoms with Crippen LogP contribution in [0, 0.1) is 0 Å². The van der Waals surface area contributed by atoms with Gasteiger partial charge in [-0.05, 0) is 41.2 Å². The van der Waals surface area contributed by atoms with Crippen LogP contribution in [0.2, 0.25) is 10.0 Å². The number of anilines is 1. The second-order valence-corrected chi connectivity index (χ2v) is 6.33. The van der Waals surface area contributed by atoms with E-state index in [1.807, 2.05) is 12.1 Å². The first-order chi connectivity index (χ1) is 10.1. The lowest BCUT2D eigenvalue weighted by Crippen LogP contribution is -2.28. The van der Waals surface area contributed by atoms with Crippen molar-refractivity contribution < 1.29 is 0 Å². The molecule has 0 saturated carbocycles. The summed E-state index contributed by atoms with van der Waals surface area (Å²) in [5, 5.41) is 6.35. The fourth-order valence-electron chi connectivity index (χ4n) is 2.27. The third-order valence-corrected chi connectivity index (χ3v) is 4.93. The van der Waals surface area contributed by atoms with E-state index in [0.717, 1.165) is 47.2 Å². The Hall–Kier alpha value is -0.550. The van der Waals surface area contributed by atoms with Gasteiger partial charge >= 0.3 is 0 Å². The van der Waals surface area contributed by atoms with E-state index in [1.54, 1.807) is 6.20 Å². The number of nitrogens with zero attached hydrogens (tertiary/aromatic N) is 2. The van der Waals surface area contributed by atoms with Gasteiger partial charge in [0.25, 0.3) is 0 Å². The molecule has 0 aliphatic rings. The Kier molecular flexibility index (Phi) is 6.11. The molecule has 2 aromatic rings. The molecule has 0 spiro atoms. The minimum absolute atomic E-state index is 0.538. The van der Waals surface area contributed by atoms with E-state index >= 15 is 0 Å². The van der Waals surface area contributed by atoms with Crippen molar-refractivity contribution in [3.63, 3.8) is 0 Å². The molecule has 1 aromatic heterocycles. The van der Waals surface area contributed by atoms with Crippen molar-refractivity contribution in [2.45, 2.75) is 13.8 Å². The van der Waals surface area contributed by atoms with Gasteiger partial charge in [-0.3, -0.25) is 0 Å². The topological polar surface area (TPSA) is 28.2 Å². The van der Waals surface area contributed by atoms with Gasteiger partial charge in [0.15, 0.2) is 0 Å². The zero-order valence-corrected chi connectivity index (χ0v) is 15.2. The van der Waals surface area contributed by atoms with Crippen LogP contribution in [0.15, 0.2) is 22.8 Å². The first-order valence-corrected chi connectivity index (χ1v) is 8.51. The van der Waals surface area contributed by atoms with E-state index in [1.165, 1.54) is 0 Å². The Morgan fingerprint density at radius 1 is 1.29 bits per heavy atom. The molecule has 114 valence electrons. The van der Waals surface area contributed by atoms with Crippen molar-refractivity contribution in [3.05, 3.63) is 32.8 Å². The van der Waals surface area contributed by atoms with Crippen molar-refractivity contribution in [1.82, 2.24) is 9.88 Å². The number of likely N-dealkylation sites (N-methyl/N-ethyl adjacent to an activating group) is 1. The molecule has 0 saturated heterocycles. The Labute approximate surface area is 143 Å². The maximum atomic E-state index is 6.28. The van der Waals surface area contributed by atoms with Gasteiger partial charge in [0, 0.05) is 34.5 Å². The van der Waals surface area contributed by atoms with Crippen LogP contribution in [-0.4, -0.2) is 36.1 Å². The van der Waals surface area contributed by atoms with Gasteiger partial charge in [-0.15, -0.1) is 0 Å². The molecule has 0 atom stereocenters. The first-order valence-electron chi connectivity index (χ1n) is 6.96. The highest BCUT2D eigenvalue weighted by atomic mass is 79.9. The van der Waals surface area contributed by atoms with Crippen LogP contribution in [0.1, 0.15) is 13.8 Å². The van der Waals surface area contributed by atoms with E-state index in [0.29, 0.717) is 10.0 Å². The number of pyridine rings is 1. The quantitative estimate of drug-likeness (QED) is 0.698. The number of benzene rings is 1. The number of hydrogen-bond acceptors (Lipinski definition) is 3. The van der Waals surface area contributed by atoms with Gasteiger partial charge in [-0.1, -0.05) is 37.0 Å². The second-order valence-electron chi connectivity index (χ2n) is 4.69. The van der Waals surface area contributed by atoms with E-state index in [4.69, 9.17) is 23.2 Å². The molecular weight excluding hydrogens is 373 g/mol. The largest absolute Gasteiger partial charge is 0.368 e. The third kappa shape index (κ3) is 3.81. The van der Waals surface area contributed by atoms with Crippen molar-refractivity contribution in [1.29, 1.82) is 0 Å². The van der Waals surface area contributed by atoms with Gasteiger partial charge in [0.2, 0.25) is 0 Å². The molecule has 6 heteroatoms. The van der Waals surface area contributed by atoms with Crippen LogP contribution in [0.4, 0.5) is 5.82 Å². The predicted octanol–water partition coefficient (Wildman–Crippen LogP) is 5.06. The van der Waals surface area contributed by atoms with Gasteiger partial charge < -0.3 is 10.2 Å². The number of rotatable bonds is 6. The van der Waals surface area contributed by atoms with E-state index < -0.39 is 0 Å². The lowest BCUT2D eigenvalue weighted by atomic mass is 10.1. The Bertz CT molecular complexity index is 630. The summed E-state index contributed by atoms with van der Waals surface area (Å²) in [4.78, 5) is 6.78. The molecule has 0 bridgehead atoms. The average molecular weight is 391 g/mol. The first kappa shape index (κ1) is 16.8. The molecule has 0 aliphatic heterocycles. The van der Waals surface area contributed by atoms with Crippen molar-refractivity contribution in [2.75, 3.05) is 31.5 Å². The summed E-state index contributed by atoms with van der Waals surface area (Å²) in [7, 11) is 0. The van der Waals surface area contributed by atoms with Gasteiger partial charge in [-0.2, -0.15) is 0 Å². The average Bonchev–Trinajstić information content (AvgIpc) is 2.49. The minimum atomic E-state index is 0.538. The molecule has 1 N–H and O–H groups in total. The van der Waals surface area contributed by atoms with Crippen molar-refractivity contribution in [3.8, 4) is 0 Å². The molecule has 0 fully saturated rings. The van der Waals surface area contributed by atoms with Crippen LogP contribution in [0.3, 0.4) is 0 Å². The molecular formula is C15H18BrCl2N3. The summed E-state index contributed by atoms with van der Waals surface area (Å²) in [5.74, 6) is 0.824. The molecule has 2 rings (SSSR count). The molecule has 21 heavy (non-hydrogen) atoms. The fourth-order valence-corrected chi connectivity index (χ4v) is 3.45. The molecule has 3 nitrogen and oxygen atoms in total. The van der Waals surface area contributed by atoms with Crippen molar-refractivity contribution in [2.24, 2.45) is 0 Å². The summed E-state index contributed by atoms with van der Waals surface area (Å²) in [6.45, 7) is 8.24. The summed E-state index contributed by atoms with van der Waals surface area (Å²) in [6, 6.07) is 3.69. The summed E-state index contributed by atoms with van der Waals surface area (Å²) in [6.07, 6.45) is 1.75. The number of aromatic nitrogens is 1. The SMILES string of the molecule is CCN(CC)CCNc1nccc2c(Cl)c(Cl)cc(Br)c12. The third-order valence-electron chi connectivity index (χ3n) is 3.50. The highest BCUT2D eigenvalue weighted by Gasteiger charge is 2.12. The van der Waals surface area contributed by atoms with Gasteiger partial charge in [0.05, 0.1) is 10.0 Å². The van der Waals surface area contributed by atoms with E-state index in [9.17, 15) is 0 Å². The Morgan fingerprint density at radius 2 is 2.00 bits per heavy atom. The number of fused-ring (bicyclic) bond motifs is 1. The van der Waals surface area contributed by atoms with Crippen LogP contribution in [0.25, 0.3) is 10.8 Å². The molecule has 0 aliphatic carbocycles. The molecule has 1 heterocycles. The van der Waals surface area contributed by atoms with E-state index in [-0.39, 0.29) is 0 Å². The van der Waals surface area contributed by atoms with Gasteiger partial charge in [-0.25, -0.2) is 4.98 Å². The Morgan fingerprint density at radius 3 is 2.67 bits per heavy atom. The number of hydrogen-bond donors (Lipinski definition) is 1. The van der Waals surface area contributed by atoms with Crippen molar-refractivity contribution >= 4 is 55.7 Å². The van der Waals surface area contributed by atoms with Crippen LogP contribution in [0.5, 0.6) is 0 Å². The van der Waals surface area contributed by atoms with Crippen LogP contribution in [-0.2, 0) is 0 Å². The predicted molar refractivity (Wildman–Crippen MR) is 95.7 cm³/mol.